The summed E-state index contributed by atoms with van der Waals surface area (Å²) in [7, 11) is 0. The van der Waals surface area contributed by atoms with Crippen LogP contribution in [0.15, 0.2) is 22.5 Å². The van der Waals surface area contributed by atoms with Crippen LogP contribution in [-0.2, 0) is 4.79 Å². The topological polar surface area (TPSA) is 17.1 Å². The number of thiophene rings is 1. The third-order valence-electron chi connectivity index (χ3n) is 1.46. The van der Waals surface area contributed by atoms with Crippen LogP contribution in [-0.4, -0.2) is 6.29 Å². The smallest absolute Gasteiger partial charge is 0.128 e. The van der Waals surface area contributed by atoms with Crippen molar-refractivity contribution in [3.8, 4) is 0 Å². The monoisotopic (exact) mass is 200 g/mol. The fourth-order valence-corrected chi connectivity index (χ4v) is 1.61. The Morgan fingerprint density at radius 1 is 1.75 bits per heavy atom. The zero-order chi connectivity index (χ0) is 8.97. The van der Waals surface area contributed by atoms with Crippen molar-refractivity contribution in [1.82, 2.24) is 0 Å². The first-order valence-electron chi connectivity index (χ1n) is 3.60. The third-order valence-corrected chi connectivity index (χ3v) is 2.74. The summed E-state index contributed by atoms with van der Waals surface area (Å²) in [5.41, 5.74) is 0. The lowest BCUT2D eigenvalue weighted by atomic mass is 10.2. The van der Waals surface area contributed by atoms with Crippen molar-refractivity contribution in [2.75, 3.05) is 0 Å². The second kappa shape index (κ2) is 4.43. The molecule has 1 atom stereocenters. The highest BCUT2D eigenvalue weighted by atomic mass is 35.5. The van der Waals surface area contributed by atoms with Gasteiger partial charge in [0.05, 0.1) is 0 Å². The number of carbonyl (C=O) groups is 1. The quantitative estimate of drug-likeness (QED) is 0.685. The Morgan fingerprint density at radius 2 is 2.50 bits per heavy atom. The maximum absolute atomic E-state index is 10.4. The summed E-state index contributed by atoms with van der Waals surface area (Å²) in [5, 5.41) is 2.56. The van der Waals surface area contributed by atoms with Crippen molar-refractivity contribution in [2.45, 2.75) is 6.92 Å². The molecule has 0 amide bonds. The lowest BCUT2D eigenvalue weighted by molar-refractivity contribution is -0.109. The molecule has 0 aromatic carbocycles. The van der Waals surface area contributed by atoms with E-state index in [-0.39, 0.29) is 5.92 Å². The molecule has 0 spiro atoms. The minimum absolute atomic E-state index is 0.200. The lowest BCUT2D eigenvalue weighted by Crippen LogP contribution is -1.93. The zero-order valence-electron chi connectivity index (χ0n) is 6.66. The average Bonchev–Trinajstić information content (AvgIpc) is 2.55. The molecular formula is C9H9ClOS. The SMILES string of the molecule is CC(C=O)C(Cl)=Cc1cccs1. The number of hydrogen-bond donors (Lipinski definition) is 0. The van der Waals surface area contributed by atoms with E-state index in [1.165, 1.54) is 0 Å². The summed E-state index contributed by atoms with van der Waals surface area (Å²) in [6.07, 6.45) is 2.66. The van der Waals surface area contributed by atoms with E-state index < -0.39 is 0 Å². The highest BCUT2D eigenvalue weighted by molar-refractivity contribution is 7.10. The van der Waals surface area contributed by atoms with Gasteiger partial charge in [0.1, 0.15) is 6.29 Å². The molecule has 1 aromatic heterocycles. The van der Waals surface area contributed by atoms with E-state index in [0.717, 1.165) is 11.2 Å². The lowest BCUT2D eigenvalue weighted by Gasteiger charge is -1.98. The van der Waals surface area contributed by atoms with Gasteiger partial charge in [-0.15, -0.1) is 11.3 Å². The predicted octanol–water partition coefficient (Wildman–Crippen LogP) is 3.16. The molecule has 12 heavy (non-hydrogen) atoms. The van der Waals surface area contributed by atoms with Gasteiger partial charge in [-0.25, -0.2) is 0 Å². The van der Waals surface area contributed by atoms with E-state index in [1.54, 1.807) is 18.3 Å². The van der Waals surface area contributed by atoms with Crippen LogP contribution in [0, 0.1) is 5.92 Å². The van der Waals surface area contributed by atoms with E-state index in [2.05, 4.69) is 0 Å². The summed E-state index contributed by atoms with van der Waals surface area (Å²) >= 11 is 7.46. The molecule has 1 aromatic rings. The first kappa shape index (κ1) is 9.49. The molecule has 0 fully saturated rings. The molecule has 0 bridgehead atoms. The van der Waals surface area contributed by atoms with Crippen LogP contribution < -0.4 is 0 Å². The molecular weight excluding hydrogens is 192 g/mol. The summed E-state index contributed by atoms with van der Waals surface area (Å²) in [6, 6.07) is 3.91. The van der Waals surface area contributed by atoms with Gasteiger partial charge in [0, 0.05) is 15.8 Å². The number of carbonyl (C=O) groups excluding carboxylic acids is 1. The largest absolute Gasteiger partial charge is 0.303 e. The maximum Gasteiger partial charge on any atom is 0.128 e. The van der Waals surface area contributed by atoms with Crippen LogP contribution in [0.3, 0.4) is 0 Å². The molecule has 64 valence electrons. The number of aldehydes is 1. The fourth-order valence-electron chi connectivity index (χ4n) is 0.706. The van der Waals surface area contributed by atoms with Crippen LogP contribution >= 0.6 is 22.9 Å². The van der Waals surface area contributed by atoms with Gasteiger partial charge >= 0.3 is 0 Å². The van der Waals surface area contributed by atoms with Gasteiger partial charge in [-0.3, -0.25) is 0 Å². The Kier molecular flexibility index (Phi) is 3.50. The van der Waals surface area contributed by atoms with Gasteiger partial charge in [0.15, 0.2) is 0 Å². The Labute approximate surface area is 80.7 Å². The Bertz CT molecular complexity index is 277. The first-order chi connectivity index (χ1) is 5.74. The molecule has 1 nitrogen and oxygen atoms in total. The van der Waals surface area contributed by atoms with Crippen LogP contribution in [0.1, 0.15) is 11.8 Å². The summed E-state index contributed by atoms with van der Waals surface area (Å²) in [6.45, 7) is 1.78. The van der Waals surface area contributed by atoms with E-state index in [0.29, 0.717) is 5.03 Å². The van der Waals surface area contributed by atoms with E-state index >= 15 is 0 Å². The number of allylic oxidation sites excluding steroid dienone is 1. The van der Waals surface area contributed by atoms with Gasteiger partial charge in [-0.1, -0.05) is 24.6 Å². The second-order valence-corrected chi connectivity index (χ2v) is 3.89. The van der Waals surface area contributed by atoms with Crippen molar-refractivity contribution < 1.29 is 4.79 Å². The van der Waals surface area contributed by atoms with Crippen LogP contribution in [0.4, 0.5) is 0 Å². The van der Waals surface area contributed by atoms with Crippen molar-refractivity contribution >= 4 is 35.3 Å². The van der Waals surface area contributed by atoms with Gasteiger partial charge in [0.25, 0.3) is 0 Å². The maximum atomic E-state index is 10.4. The van der Waals surface area contributed by atoms with Crippen LogP contribution in [0.2, 0.25) is 0 Å². The van der Waals surface area contributed by atoms with Gasteiger partial charge in [0.2, 0.25) is 0 Å². The van der Waals surface area contributed by atoms with Crippen molar-refractivity contribution in [1.29, 1.82) is 0 Å². The molecule has 0 aliphatic rings. The minimum Gasteiger partial charge on any atom is -0.303 e. The summed E-state index contributed by atoms with van der Waals surface area (Å²) in [4.78, 5) is 11.4. The standard InChI is InChI=1S/C9H9ClOS/c1-7(6-11)9(10)5-8-3-2-4-12-8/h2-7H,1H3. The van der Waals surface area contributed by atoms with Gasteiger partial charge < -0.3 is 4.79 Å². The van der Waals surface area contributed by atoms with Gasteiger partial charge in [-0.2, -0.15) is 0 Å². The van der Waals surface area contributed by atoms with Crippen LogP contribution in [0.5, 0.6) is 0 Å². The molecule has 0 saturated heterocycles. The summed E-state index contributed by atoms with van der Waals surface area (Å²) < 4.78 is 0. The highest BCUT2D eigenvalue weighted by Gasteiger charge is 2.03. The van der Waals surface area contributed by atoms with Gasteiger partial charge in [-0.05, 0) is 17.5 Å². The Balaban J connectivity index is 2.75. The highest BCUT2D eigenvalue weighted by Crippen LogP contribution is 2.20. The Morgan fingerprint density at radius 3 is 3.00 bits per heavy atom. The number of halogens is 1. The third kappa shape index (κ3) is 2.47. The fraction of sp³-hybridized carbons (Fsp3) is 0.222. The van der Waals surface area contributed by atoms with Crippen molar-refractivity contribution in [3.63, 3.8) is 0 Å². The molecule has 0 N–H and O–H groups in total. The molecule has 1 heterocycles. The van der Waals surface area contributed by atoms with Crippen molar-refractivity contribution in [3.05, 3.63) is 27.4 Å². The second-order valence-electron chi connectivity index (χ2n) is 2.47. The molecule has 1 unspecified atom stereocenters. The zero-order valence-corrected chi connectivity index (χ0v) is 8.23. The molecule has 0 aliphatic heterocycles. The van der Waals surface area contributed by atoms with E-state index in [4.69, 9.17) is 11.6 Å². The number of hydrogen-bond acceptors (Lipinski definition) is 2. The van der Waals surface area contributed by atoms with E-state index in [9.17, 15) is 4.79 Å². The normalized spacial score (nSPS) is 14.3. The molecule has 0 saturated carbocycles. The summed E-state index contributed by atoms with van der Waals surface area (Å²) in [5.74, 6) is -0.200. The number of rotatable bonds is 3. The Hall–Kier alpha value is -0.600. The first-order valence-corrected chi connectivity index (χ1v) is 4.85. The molecule has 3 heteroatoms. The average molecular weight is 201 g/mol. The minimum atomic E-state index is -0.200. The molecule has 0 radical (unpaired) electrons. The molecule has 1 rings (SSSR count). The molecule has 0 aliphatic carbocycles. The predicted molar refractivity (Wildman–Crippen MR) is 53.4 cm³/mol. The van der Waals surface area contributed by atoms with Crippen molar-refractivity contribution in [2.24, 2.45) is 5.92 Å². The van der Waals surface area contributed by atoms with E-state index in [1.807, 2.05) is 23.6 Å². The van der Waals surface area contributed by atoms with Crippen LogP contribution in [0.25, 0.3) is 6.08 Å².